The Morgan fingerprint density at radius 1 is 1.25 bits per heavy atom. The number of nitrogens with one attached hydrogen (secondary N) is 1. The number of benzene rings is 1. The zero-order valence-corrected chi connectivity index (χ0v) is 15.3. The molecule has 0 unspecified atom stereocenters. The Bertz CT molecular complexity index is 702. The quantitative estimate of drug-likeness (QED) is 0.844. The van der Waals surface area contributed by atoms with Crippen molar-refractivity contribution in [1.82, 2.24) is 9.88 Å². The van der Waals surface area contributed by atoms with Gasteiger partial charge in [-0.3, -0.25) is 4.79 Å². The number of nitrogens with zero attached hydrogens (tertiary/aromatic N) is 1. The number of methoxy groups -OCH3 is 1. The highest BCUT2D eigenvalue weighted by Crippen LogP contribution is 2.20. The van der Waals surface area contributed by atoms with E-state index in [0.717, 1.165) is 17.7 Å². The second-order valence-electron chi connectivity index (χ2n) is 6.49. The molecule has 1 aromatic heterocycles. The second-order valence-corrected chi connectivity index (χ2v) is 6.49. The Kier molecular flexibility index (Phi) is 6.07. The maximum atomic E-state index is 12.1. The summed E-state index contributed by atoms with van der Waals surface area (Å²) < 4.78 is 7.53. The van der Waals surface area contributed by atoms with Gasteiger partial charge in [0.15, 0.2) is 0 Å². The van der Waals surface area contributed by atoms with Gasteiger partial charge in [0.2, 0.25) is 5.91 Å². The lowest BCUT2D eigenvalue weighted by Gasteiger charge is -2.14. The molecule has 2 aromatic rings. The Labute approximate surface area is 144 Å². The molecule has 130 valence electrons. The fourth-order valence-electron chi connectivity index (χ4n) is 3.26. The molecular formula is C20H28N2O2. The minimum atomic E-state index is 0.0425. The van der Waals surface area contributed by atoms with Crippen molar-refractivity contribution >= 4 is 5.91 Å². The van der Waals surface area contributed by atoms with Crippen LogP contribution in [0.2, 0.25) is 0 Å². The largest absolute Gasteiger partial charge is 0.497 e. The van der Waals surface area contributed by atoms with E-state index < -0.39 is 0 Å². The molecule has 0 bridgehead atoms. The fraction of sp³-hybridized carbons (Fsp3) is 0.450. The van der Waals surface area contributed by atoms with Gasteiger partial charge in [0, 0.05) is 24.0 Å². The van der Waals surface area contributed by atoms with Gasteiger partial charge in [0.1, 0.15) is 5.75 Å². The van der Waals surface area contributed by atoms with Crippen LogP contribution in [-0.4, -0.2) is 24.1 Å². The van der Waals surface area contributed by atoms with Crippen molar-refractivity contribution in [1.29, 1.82) is 0 Å². The Morgan fingerprint density at radius 2 is 2.00 bits per heavy atom. The van der Waals surface area contributed by atoms with E-state index in [1.165, 1.54) is 17.0 Å². The summed E-state index contributed by atoms with van der Waals surface area (Å²) in [5.74, 6) is 0.822. The highest BCUT2D eigenvalue weighted by atomic mass is 16.5. The van der Waals surface area contributed by atoms with E-state index in [9.17, 15) is 4.79 Å². The van der Waals surface area contributed by atoms with Crippen LogP contribution in [0.1, 0.15) is 42.4 Å². The number of carbonyl (C=O) groups is 1. The van der Waals surface area contributed by atoms with E-state index in [1.807, 2.05) is 24.3 Å². The van der Waals surface area contributed by atoms with Crippen LogP contribution in [0.5, 0.6) is 5.75 Å². The molecule has 1 N–H and O–H groups in total. The van der Waals surface area contributed by atoms with Gasteiger partial charge in [-0.05, 0) is 63.4 Å². The monoisotopic (exact) mass is 328 g/mol. The maximum Gasteiger partial charge on any atom is 0.224 e. The van der Waals surface area contributed by atoms with E-state index in [1.54, 1.807) is 7.11 Å². The lowest BCUT2D eigenvalue weighted by molar-refractivity contribution is -0.120. The summed E-state index contributed by atoms with van der Waals surface area (Å²) in [7, 11) is 1.63. The highest BCUT2D eigenvalue weighted by Gasteiger charge is 2.11. The zero-order valence-electron chi connectivity index (χ0n) is 15.3. The Balaban J connectivity index is 1.88. The molecule has 24 heavy (non-hydrogen) atoms. The molecule has 0 atom stereocenters. The molecule has 1 heterocycles. The summed E-state index contributed by atoms with van der Waals surface area (Å²) in [4.78, 5) is 12.1. The van der Waals surface area contributed by atoms with Gasteiger partial charge in [-0.15, -0.1) is 0 Å². The van der Waals surface area contributed by atoms with Crippen molar-refractivity contribution in [2.75, 3.05) is 13.7 Å². The Hall–Kier alpha value is -2.23. The SMILES string of the molecule is COc1cccc(CC(=O)NCCc2cc(C)n(C(C)C)c2C)c1. The average Bonchev–Trinajstić information content (AvgIpc) is 2.81. The maximum absolute atomic E-state index is 12.1. The van der Waals surface area contributed by atoms with Crippen molar-refractivity contribution in [2.45, 2.75) is 46.6 Å². The topological polar surface area (TPSA) is 43.3 Å². The van der Waals surface area contributed by atoms with Gasteiger partial charge < -0.3 is 14.6 Å². The molecule has 1 amide bonds. The highest BCUT2D eigenvalue weighted by molar-refractivity contribution is 5.78. The minimum absolute atomic E-state index is 0.0425. The van der Waals surface area contributed by atoms with Crippen LogP contribution >= 0.6 is 0 Å². The number of aryl methyl sites for hydroxylation is 1. The van der Waals surface area contributed by atoms with Gasteiger partial charge in [-0.25, -0.2) is 0 Å². The summed E-state index contributed by atoms with van der Waals surface area (Å²) in [6.07, 6.45) is 1.23. The number of ether oxygens (including phenoxy) is 1. The average molecular weight is 328 g/mol. The predicted octanol–water partition coefficient (Wildman–Crippen LogP) is 3.60. The van der Waals surface area contributed by atoms with Crippen LogP contribution in [0.4, 0.5) is 0 Å². The van der Waals surface area contributed by atoms with Gasteiger partial charge in [0.25, 0.3) is 0 Å². The van der Waals surface area contributed by atoms with Crippen molar-refractivity contribution in [2.24, 2.45) is 0 Å². The predicted molar refractivity (Wildman–Crippen MR) is 97.7 cm³/mol. The fourth-order valence-corrected chi connectivity index (χ4v) is 3.26. The molecular weight excluding hydrogens is 300 g/mol. The van der Waals surface area contributed by atoms with Crippen molar-refractivity contribution in [3.8, 4) is 5.75 Å². The summed E-state index contributed by atoms with van der Waals surface area (Å²) in [5, 5.41) is 3.01. The van der Waals surface area contributed by atoms with E-state index in [-0.39, 0.29) is 5.91 Å². The van der Waals surface area contributed by atoms with Crippen molar-refractivity contribution in [3.63, 3.8) is 0 Å². The van der Waals surface area contributed by atoms with Gasteiger partial charge in [0.05, 0.1) is 13.5 Å². The van der Waals surface area contributed by atoms with Crippen molar-refractivity contribution < 1.29 is 9.53 Å². The lowest BCUT2D eigenvalue weighted by atomic mass is 10.1. The molecule has 0 fully saturated rings. The third kappa shape index (κ3) is 4.40. The van der Waals surface area contributed by atoms with E-state index in [0.29, 0.717) is 19.0 Å². The first-order valence-corrected chi connectivity index (χ1v) is 8.49. The molecule has 2 rings (SSSR count). The van der Waals surface area contributed by atoms with E-state index in [2.05, 4.69) is 43.6 Å². The Morgan fingerprint density at radius 3 is 2.62 bits per heavy atom. The van der Waals surface area contributed by atoms with Crippen LogP contribution in [0.25, 0.3) is 0 Å². The molecule has 4 heteroatoms. The number of amides is 1. The van der Waals surface area contributed by atoms with Gasteiger partial charge in [-0.1, -0.05) is 12.1 Å². The van der Waals surface area contributed by atoms with Crippen molar-refractivity contribution in [3.05, 3.63) is 52.8 Å². The first kappa shape index (κ1) is 18.1. The minimum Gasteiger partial charge on any atom is -0.497 e. The van der Waals surface area contributed by atoms with Crippen LogP contribution < -0.4 is 10.1 Å². The molecule has 0 aliphatic rings. The van der Waals surface area contributed by atoms with Crippen LogP contribution in [0.3, 0.4) is 0 Å². The van der Waals surface area contributed by atoms with Crippen LogP contribution in [-0.2, 0) is 17.6 Å². The number of rotatable bonds is 7. The zero-order chi connectivity index (χ0) is 17.7. The third-order valence-corrected chi connectivity index (χ3v) is 4.32. The first-order valence-electron chi connectivity index (χ1n) is 8.49. The second kappa shape index (κ2) is 8.04. The molecule has 4 nitrogen and oxygen atoms in total. The van der Waals surface area contributed by atoms with E-state index in [4.69, 9.17) is 4.74 Å². The normalized spacial score (nSPS) is 10.9. The number of carbonyl (C=O) groups excluding carboxylic acids is 1. The number of aromatic nitrogens is 1. The van der Waals surface area contributed by atoms with Crippen LogP contribution in [0, 0.1) is 13.8 Å². The molecule has 0 saturated heterocycles. The molecule has 0 radical (unpaired) electrons. The molecule has 1 aromatic carbocycles. The first-order chi connectivity index (χ1) is 11.4. The third-order valence-electron chi connectivity index (χ3n) is 4.32. The number of hydrogen-bond donors (Lipinski definition) is 1. The lowest BCUT2D eigenvalue weighted by Crippen LogP contribution is -2.27. The smallest absolute Gasteiger partial charge is 0.224 e. The summed E-state index contributed by atoms with van der Waals surface area (Å²) >= 11 is 0. The summed E-state index contributed by atoms with van der Waals surface area (Å²) in [5.41, 5.74) is 4.84. The standard InChI is InChI=1S/C20H28N2O2/c1-14(2)22-15(3)11-18(16(22)4)9-10-21-20(23)13-17-7-6-8-19(12-17)24-5/h6-8,11-12,14H,9-10,13H2,1-5H3,(H,21,23). The molecule has 0 saturated carbocycles. The van der Waals surface area contributed by atoms with Crippen LogP contribution in [0.15, 0.2) is 30.3 Å². The molecule has 0 aliphatic heterocycles. The molecule has 0 spiro atoms. The summed E-state index contributed by atoms with van der Waals surface area (Å²) in [6, 6.07) is 10.3. The van der Waals surface area contributed by atoms with Gasteiger partial charge >= 0.3 is 0 Å². The summed E-state index contributed by atoms with van der Waals surface area (Å²) in [6.45, 7) is 9.34. The van der Waals surface area contributed by atoms with Gasteiger partial charge in [-0.2, -0.15) is 0 Å². The number of hydrogen-bond acceptors (Lipinski definition) is 2. The van der Waals surface area contributed by atoms with E-state index >= 15 is 0 Å². The molecule has 0 aliphatic carbocycles.